The second kappa shape index (κ2) is 6.53. The summed E-state index contributed by atoms with van der Waals surface area (Å²) >= 11 is 5.97. The molecule has 1 heterocycles. The van der Waals surface area contributed by atoms with E-state index in [0.717, 1.165) is 0 Å². The van der Waals surface area contributed by atoms with E-state index in [1.165, 1.54) is 13.1 Å². The molecule has 1 amide bonds. The molecule has 0 radical (unpaired) electrons. The Bertz CT molecular complexity index is 1070. The number of rotatable bonds is 3. The molecule has 3 rings (SSSR count). The van der Waals surface area contributed by atoms with Crippen LogP contribution in [-0.4, -0.2) is 16.3 Å². The average Bonchev–Trinajstić information content (AvgIpc) is 2.58. The number of para-hydroxylation sites is 1. The quantitative estimate of drug-likeness (QED) is 0.730. The molecule has 0 saturated carbocycles. The molecule has 0 spiro atoms. The van der Waals surface area contributed by atoms with Gasteiger partial charge in [0.25, 0.3) is 5.91 Å². The van der Waals surface area contributed by atoms with Crippen LogP contribution in [0.2, 0.25) is 5.02 Å². The number of amides is 1. The van der Waals surface area contributed by atoms with Crippen LogP contribution in [0.4, 0.5) is 5.69 Å². The number of ketones is 1. The third-order valence-corrected chi connectivity index (χ3v) is 4.18. The van der Waals surface area contributed by atoms with Gasteiger partial charge in [-0.3, -0.25) is 14.4 Å². The molecule has 0 unspecified atom stereocenters. The van der Waals surface area contributed by atoms with Crippen molar-refractivity contribution in [2.24, 2.45) is 7.05 Å². The van der Waals surface area contributed by atoms with Crippen molar-refractivity contribution in [3.05, 3.63) is 75.0 Å². The molecule has 0 atom stereocenters. The minimum absolute atomic E-state index is 0.0179. The highest BCUT2D eigenvalue weighted by atomic mass is 35.5. The summed E-state index contributed by atoms with van der Waals surface area (Å²) in [5, 5.41) is 3.43. The topological polar surface area (TPSA) is 68.2 Å². The molecule has 1 N–H and O–H groups in total. The molecule has 3 aromatic rings. The van der Waals surface area contributed by atoms with Gasteiger partial charge in [-0.2, -0.15) is 0 Å². The van der Waals surface area contributed by atoms with Crippen LogP contribution in [0.15, 0.2) is 53.5 Å². The van der Waals surface area contributed by atoms with Crippen LogP contribution >= 0.6 is 11.6 Å². The van der Waals surface area contributed by atoms with Crippen LogP contribution in [0.3, 0.4) is 0 Å². The number of nitrogens with one attached hydrogen (secondary N) is 1. The van der Waals surface area contributed by atoms with Crippen molar-refractivity contribution in [2.75, 3.05) is 5.32 Å². The van der Waals surface area contributed by atoms with Crippen molar-refractivity contribution in [3.63, 3.8) is 0 Å². The Morgan fingerprint density at radius 3 is 2.52 bits per heavy atom. The SMILES string of the molecule is CC(=O)c1ccccc1NC(=O)c1cn(C)c2ccc(Cl)cc2c1=O. The molecule has 0 aliphatic heterocycles. The standard InChI is InChI=1S/C19H15ClN2O3/c1-11(23)13-5-3-4-6-16(13)21-19(25)15-10-22(2)17-8-7-12(20)9-14(17)18(15)24/h3-10H,1-2H3,(H,21,25). The van der Waals surface area contributed by atoms with Gasteiger partial charge in [0.15, 0.2) is 5.78 Å². The number of hydrogen-bond donors (Lipinski definition) is 1. The van der Waals surface area contributed by atoms with Gasteiger partial charge in [-0.1, -0.05) is 23.7 Å². The molecule has 0 aliphatic rings. The maximum Gasteiger partial charge on any atom is 0.261 e. The fourth-order valence-electron chi connectivity index (χ4n) is 2.72. The third kappa shape index (κ3) is 3.19. The molecule has 0 bridgehead atoms. The monoisotopic (exact) mass is 354 g/mol. The van der Waals surface area contributed by atoms with E-state index in [1.807, 2.05) is 0 Å². The number of fused-ring (bicyclic) bond motifs is 1. The highest BCUT2D eigenvalue weighted by Crippen LogP contribution is 2.19. The molecule has 126 valence electrons. The fourth-order valence-corrected chi connectivity index (χ4v) is 2.89. The van der Waals surface area contributed by atoms with Gasteiger partial charge in [0.2, 0.25) is 5.43 Å². The summed E-state index contributed by atoms with van der Waals surface area (Å²) in [7, 11) is 1.75. The zero-order valence-electron chi connectivity index (χ0n) is 13.7. The zero-order chi connectivity index (χ0) is 18.1. The summed E-state index contributed by atoms with van der Waals surface area (Å²) < 4.78 is 1.69. The van der Waals surface area contributed by atoms with Gasteiger partial charge in [-0.15, -0.1) is 0 Å². The lowest BCUT2D eigenvalue weighted by atomic mass is 10.1. The highest BCUT2D eigenvalue weighted by molar-refractivity contribution is 6.31. The van der Waals surface area contributed by atoms with E-state index in [1.54, 1.807) is 54.1 Å². The minimum Gasteiger partial charge on any atom is -0.350 e. The normalized spacial score (nSPS) is 10.7. The summed E-state index contributed by atoms with van der Waals surface area (Å²) in [5.41, 5.74) is 1.00. The van der Waals surface area contributed by atoms with Crippen LogP contribution in [0, 0.1) is 0 Å². The van der Waals surface area contributed by atoms with E-state index in [-0.39, 0.29) is 11.3 Å². The number of benzene rings is 2. The van der Waals surface area contributed by atoms with Crippen molar-refractivity contribution in [2.45, 2.75) is 6.92 Å². The minimum atomic E-state index is -0.573. The number of carbonyl (C=O) groups is 2. The van der Waals surface area contributed by atoms with E-state index >= 15 is 0 Å². The smallest absolute Gasteiger partial charge is 0.261 e. The molecular weight excluding hydrogens is 340 g/mol. The Morgan fingerprint density at radius 1 is 1.08 bits per heavy atom. The number of pyridine rings is 1. The second-order valence-electron chi connectivity index (χ2n) is 5.70. The Hall–Kier alpha value is -2.92. The van der Waals surface area contributed by atoms with Crippen molar-refractivity contribution in [1.29, 1.82) is 0 Å². The summed E-state index contributed by atoms with van der Waals surface area (Å²) in [6.07, 6.45) is 1.48. The molecule has 25 heavy (non-hydrogen) atoms. The first kappa shape index (κ1) is 16.9. The van der Waals surface area contributed by atoms with Crippen LogP contribution in [0.25, 0.3) is 10.9 Å². The van der Waals surface area contributed by atoms with Crippen molar-refractivity contribution >= 4 is 39.9 Å². The predicted molar refractivity (Wildman–Crippen MR) is 98.6 cm³/mol. The Balaban J connectivity index is 2.08. The lowest BCUT2D eigenvalue weighted by Gasteiger charge is -2.11. The van der Waals surface area contributed by atoms with Crippen LogP contribution < -0.4 is 10.7 Å². The lowest BCUT2D eigenvalue weighted by Crippen LogP contribution is -2.24. The molecule has 2 aromatic carbocycles. The summed E-state index contributed by atoms with van der Waals surface area (Å²) in [6, 6.07) is 11.6. The number of aromatic nitrogens is 1. The van der Waals surface area contributed by atoms with Crippen LogP contribution in [-0.2, 0) is 7.05 Å². The summed E-state index contributed by atoms with van der Waals surface area (Å²) in [5.74, 6) is -0.745. The molecule has 5 nitrogen and oxygen atoms in total. The van der Waals surface area contributed by atoms with E-state index in [4.69, 9.17) is 11.6 Å². The van der Waals surface area contributed by atoms with Crippen LogP contribution in [0.1, 0.15) is 27.6 Å². The van der Waals surface area contributed by atoms with Crippen molar-refractivity contribution in [1.82, 2.24) is 4.57 Å². The fraction of sp³-hybridized carbons (Fsp3) is 0.105. The Kier molecular flexibility index (Phi) is 4.42. The largest absolute Gasteiger partial charge is 0.350 e. The van der Waals surface area contributed by atoms with Crippen molar-refractivity contribution < 1.29 is 9.59 Å². The van der Waals surface area contributed by atoms with Crippen LogP contribution in [0.5, 0.6) is 0 Å². The third-order valence-electron chi connectivity index (χ3n) is 3.95. The number of hydrogen-bond acceptors (Lipinski definition) is 3. The number of aryl methyl sites for hydroxylation is 1. The van der Waals surface area contributed by atoms with Gasteiger partial charge in [0, 0.05) is 29.2 Å². The molecule has 0 aliphatic carbocycles. The number of anilines is 1. The molecule has 0 fully saturated rings. The highest BCUT2D eigenvalue weighted by Gasteiger charge is 2.17. The number of halogens is 1. The Morgan fingerprint density at radius 2 is 1.80 bits per heavy atom. The molecular formula is C19H15ClN2O3. The van der Waals surface area contributed by atoms with Gasteiger partial charge in [0.1, 0.15) is 5.56 Å². The zero-order valence-corrected chi connectivity index (χ0v) is 14.4. The molecule has 0 saturated heterocycles. The van der Waals surface area contributed by atoms with E-state index < -0.39 is 11.3 Å². The maximum absolute atomic E-state index is 12.7. The van der Waals surface area contributed by atoms with E-state index in [2.05, 4.69) is 5.32 Å². The first-order valence-electron chi connectivity index (χ1n) is 7.58. The van der Waals surface area contributed by atoms with E-state index in [0.29, 0.717) is 27.2 Å². The van der Waals surface area contributed by atoms with Gasteiger partial charge in [-0.25, -0.2) is 0 Å². The van der Waals surface area contributed by atoms with Gasteiger partial charge < -0.3 is 9.88 Å². The second-order valence-corrected chi connectivity index (χ2v) is 6.14. The van der Waals surface area contributed by atoms with E-state index in [9.17, 15) is 14.4 Å². The number of carbonyl (C=O) groups excluding carboxylic acids is 2. The Labute approximate surface area is 148 Å². The molecule has 1 aromatic heterocycles. The average molecular weight is 355 g/mol. The summed E-state index contributed by atoms with van der Waals surface area (Å²) in [6.45, 7) is 1.42. The van der Waals surface area contributed by atoms with Gasteiger partial charge in [-0.05, 0) is 37.3 Å². The first-order valence-corrected chi connectivity index (χ1v) is 7.96. The molecule has 6 heteroatoms. The maximum atomic E-state index is 12.7. The summed E-state index contributed by atoms with van der Waals surface area (Å²) in [4.78, 5) is 37.0. The van der Waals surface area contributed by atoms with Gasteiger partial charge in [0.05, 0.1) is 11.2 Å². The number of Topliss-reactive ketones (excluding diaryl/α,β-unsaturated/α-hetero) is 1. The van der Waals surface area contributed by atoms with Gasteiger partial charge >= 0.3 is 0 Å². The lowest BCUT2D eigenvalue weighted by molar-refractivity contribution is 0.101. The van der Waals surface area contributed by atoms with Crippen molar-refractivity contribution in [3.8, 4) is 0 Å². The number of nitrogens with zero attached hydrogens (tertiary/aromatic N) is 1. The predicted octanol–water partition coefficient (Wildman–Crippen LogP) is 3.65. The first-order chi connectivity index (χ1) is 11.9.